The van der Waals surface area contributed by atoms with E-state index in [1.807, 2.05) is 28.8 Å². The lowest BCUT2D eigenvalue weighted by Crippen LogP contribution is -2.40. The van der Waals surface area contributed by atoms with Crippen LogP contribution in [0, 0.1) is 0 Å². The van der Waals surface area contributed by atoms with Crippen LogP contribution in [0.5, 0.6) is 5.75 Å². The Bertz CT molecular complexity index is 1280. The van der Waals surface area contributed by atoms with E-state index in [0.29, 0.717) is 36.5 Å². The number of hydrogen-bond acceptors (Lipinski definition) is 6. The number of methoxy groups -OCH3 is 2. The fourth-order valence-corrected chi connectivity index (χ4v) is 6.54. The first-order valence-electron chi connectivity index (χ1n) is 10.3. The molecule has 1 unspecified atom stereocenters. The van der Waals surface area contributed by atoms with Gasteiger partial charge in [0.25, 0.3) is 5.91 Å². The van der Waals surface area contributed by atoms with Crippen molar-refractivity contribution in [2.75, 3.05) is 27.4 Å². The number of sulfonamides is 1. The maximum atomic E-state index is 13.2. The number of thiazole rings is 1. The summed E-state index contributed by atoms with van der Waals surface area (Å²) in [7, 11) is -0.682. The lowest BCUT2D eigenvalue weighted by atomic mass is 10.2. The van der Waals surface area contributed by atoms with E-state index < -0.39 is 22.0 Å². The van der Waals surface area contributed by atoms with E-state index in [1.54, 1.807) is 19.2 Å². The normalized spacial score (nSPS) is 17.8. The molecule has 4 rings (SSSR count). The third-order valence-corrected chi connectivity index (χ3v) is 8.45. The lowest BCUT2D eigenvalue weighted by Gasteiger charge is -2.21. The third-order valence-electron chi connectivity index (χ3n) is 5.47. The van der Waals surface area contributed by atoms with Gasteiger partial charge in [-0.05, 0) is 49.2 Å². The first kappa shape index (κ1) is 22.7. The Kier molecular flexibility index (Phi) is 6.75. The Morgan fingerprint density at radius 3 is 2.62 bits per heavy atom. The highest BCUT2D eigenvalue weighted by molar-refractivity contribution is 7.89. The summed E-state index contributed by atoms with van der Waals surface area (Å²) in [6.45, 7) is 1.31. The number of carbonyl (C=O) groups is 1. The first-order valence-corrected chi connectivity index (χ1v) is 12.5. The van der Waals surface area contributed by atoms with Gasteiger partial charge in [0.15, 0.2) is 4.80 Å². The van der Waals surface area contributed by atoms with Gasteiger partial charge in [0.05, 0.1) is 28.8 Å². The molecule has 1 atom stereocenters. The van der Waals surface area contributed by atoms with E-state index in [9.17, 15) is 13.2 Å². The summed E-state index contributed by atoms with van der Waals surface area (Å²) in [5.74, 6) is 0.121. The van der Waals surface area contributed by atoms with Crippen molar-refractivity contribution in [1.29, 1.82) is 0 Å². The molecule has 1 amide bonds. The topological polar surface area (TPSA) is 90.2 Å². The number of ether oxygens (including phenoxy) is 2. The van der Waals surface area contributed by atoms with Crippen molar-refractivity contribution < 1.29 is 22.7 Å². The number of hydrogen-bond donors (Lipinski definition) is 0. The maximum Gasteiger partial charge on any atom is 0.266 e. The molecule has 1 saturated heterocycles. The van der Waals surface area contributed by atoms with Crippen LogP contribution >= 0.6 is 11.3 Å². The molecule has 0 saturated carbocycles. The molecular formula is C22H25N3O5S2. The van der Waals surface area contributed by atoms with Crippen LogP contribution in [-0.2, 0) is 26.1 Å². The smallest absolute Gasteiger partial charge is 0.266 e. The molecule has 1 aromatic heterocycles. The van der Waals surface area contributed by atoms with Crippen molar-refractivity contribution >= 4 is 37.5 Å². The minimum Gasteiger partial charge on any atom is -0.497 e. The van der Waals surface area contributed by atoms with Gasteiger partial charge in [0, 0.05) is 20.2 Å². The highest BCUT2D eigenvalue weighted by atomic mass is 32.2. The number of carbonyl (C=O) groups excluding carboxylic acids is 1. The van der Waals surface area contributed by atoms with Gasteiger partial charge in [-0.25, -0.2) is 8.42 Å². The Hall–Kier alpha value is -2.53. The fourth-order valence-electron chi connectivity index (χ4n) is 3.83. The number of nitrogens with zero attached hydrogens (tertiary/aromatic N) is 3. The van der Waals surface area contributed by atoms with Gasteiger partial charge in [0.1, 0.15) is 11.8 Å². The molecule has 32 heavy (non-hydrogen) atoms. The standard InChI is InChI=1S/C22H25N3O5S2/c1-29-15-14-24-18-6-3-4-8-20(18)31-22(24)23-21(26)19-7-5-13-25(19)32(27,28)17-11-9-16(30-2)10-12-17/h3-4,6,8-12,19H,5,7,13-15H2,1-2H3. The van der Waals surface area contributed by atoms with E-state index >= 15 is 0 Å². The van der Waals surface area contributed by atoms with E-state index in [4.69, 9.17) is 9.47 Å². The zero-order valence-corrected chi connectivity index (χ0v) is 19.6. The predicted molar refractivity (Wildman–Crippen MR) is 122 cm³/mol. The minimum absolute atomic E-state index is 0.134. The Morgan fingerprint density at radius 1 is 1.16 bits per heavy atom. The minimum atomic E-state index is -3.83. The molecule has 2 heterocycles. The van der Waals surface area contributed by atoms with Crippen molar-refractivity contribution in [2.45, 2.75) is 30.3 Å². The largest absolute Gasteiger partial charge is 0.497 e. The van der Waals surface area contributed by atoms with E-state index in [0.717, 1.165) is 10.2 Å². The highest BCUT2D eigenvalue weighted by Crippen LogP contribution is 2.28. The van der Waals surface area contributed by atoms with Crippen LogP contribution < -0.4 is 9.54 Å². The second-order valence-electron chi connectivity index (χ2n) is 7.40. The van der Waals surface area contributed by atoms with E-state index in [-0.39, 0.29) is 11.4 Å². The Morgan fingerprint density at radius 2 is 1.91 bits per heavy atom. The summed E-state index contributed by atoms with van der Waals surface area (Å²) < 4.78 is 41.0. The van der Waals surface area contributed by atoms with Crippen LogP contribution in [0.25, 0.3) is 10.2 Å². The molecule has 3 aromatic rings. The second kappa shape index (κ2) is 9.53. The molecule has 0 aliphatic carbocycles. The van der Waals surface area contributed by atoms with Crippen LogP contribution in [0.15, 0.2) is 58.4 Å². The molecule has 1 fully saturated rings. The van der Waals surface area contributed by atoms with Crippen LogP contribution in [0.4, 0.5) is 0 Å². The molecule has 0 N–H and O–H groups in total. The quantitative estimate of drug-likeness (QED) is 0.524. The first-order chi connectivity index (χ1) is 15.5. The average molecular weight is 476 g/mol. The zero-order valence-electron chi connectivity index (χ0n) is 17.9. The lowest BCUT2D eigenvalue weighted by molar-refractivity contribution is -0.121. The summed E-state index contributed by atoms with van der Waals surface area (Å²) >= 11 is 1.41. The van der Waals surface area contributed by atoms with Crippen molar-refractivity contribution in [1.82, 2.24) is 8.87 Å². The van der Waals surface area contributed by atoms with Gasteiger partial charge in [-0.1, -0.05) is 23.5 Å². The molecule has 2 aromatic carbocycles. The van der Waals surface area contributed by atoms with Crippen molar-refractivity contribution in [3.63, 3.8) is 0 Å². The van der Waals surface area contributed by atoms with E-state index in [2.05, 4.69) is 4.99 Å². The van der Waals surface area contributed by atoms with Crippen molar-refractivity contribution in [2.24, 2.45) is 4.99 Å². The van der Waals surface area contributed by atoms with E-state index in [1.165, 1.54) is 34.9 Å². The summed E-state index contributed by atoms with van der Waals surface area (Å²) in [5.41, 5.74) is 0.968. The number of benzene rings is 2. The van der Waals surface area contributed by atoms with Gasteiger partial charge < -0.3 is 14.0 Å². The van der Waals surface area contributed by atoms with Crippen molar-refractivity contribution in [3.05, 3.63) is 53.3 Å². The summed E-state index contributed by atoms with van der Waals surface area (Å²) in [4.78, 5) is 18.2. The van der Waals surface area contributed by atoms with Gasteiger partial charge >= 0.3 is 0 Å². The van der Waals surface area contributed by atoms with Crippen molar-refractivity contribution in [3.8, 4) is 5.75 Å². The molecule has 0 radical (unpaired) electrons. The molecule has 1 aliphatic heterocycles. The molecule has 1 aliphatic rings. The molecule has 0 bridgehead atoms. The number of fused-ring (bicyclic) bond motifs is 1. The summed E-state index contributed by atoms with van der Waals surface area (Å²) in [6, 6.07) is 13.2. The number of amides is 1. The van der Waals surface area contributed by atoms with Gasteiger partial charge in [-0.3, -0.25) is 4.79 Å². The predicted octanol–water partition coefficient (Wildman–Crippen LogP) is 2.64. The van der Waals surface area contributed by atoms with Crippen LogP contribution in [0.3, 0.4) is 0 Å². The fraction of sp³-hybridized carbons (Fsp3) is 0.364. The number of aromatic nitrogens is 1. The van der Waals surface area contributed by atoms with Crippen LogP contribution in [0.1, 0.15) is 12.8 Å². The number of para-hydroxylation sites is 1. The maximum absolute atomic E-state index is 13.2. The molecule has 0 spiro atoms. The molecule has 10 heteroatoms. The SMILES string of the molecule is COCCn1c(=NC(=O)C2CCCN2S(=O)(=O)c2ccc(OC)cc2)sc2ccccc21. The Balaban J connectivity index is 1.67. The summed E-state index contributed by atoms with van der Waals surface area (Å²) in [5, 5.41) is 0. The monoisotopic (exact) mass is 475 g/mol. The number of rotatable bonds is 7. The Labute approximate surface area is 190 Å². The van der Waals surface area contributed by atoms with Gasteiger partial charge in [0.2, 0.25) is 10.0 Å². The molecule has 8 nitrogen and oxygen atoms in total. The van der Waals surface area contributed by atoms with Gasteiger partial charge in [-0.2, -0.15) is 9.30 Å². The van der Waals surface area contributed by atoms with Crippen LogP contribution in [0.2, 0.25) is 0 Å². The average Bonchev–Trinajstić information content (AvgIpc) is 3.43. The van der Waals surface area contributed by atoms with Gasteiger partial charge in [-0.15, -0.1) is 0 Å². The third kappa shape index (κ3) is 4.36. The zero-order chi connectivity index (χ0) is 22.7. The molecule has 170 valence electrons. The second-order valence-corrected chi connectivity index (χ2v) is 10.3. The summed E-state index contributed by atoms with van der Waals surface area (Å²) in [6.07, 6.45) is 1.05. The highest BCUT2D eigenvalue weighted by Gasteiger charge is 2.39. The molecular weight excluding hydrogens is 450 g/mol. The van der Waals surface area contributed by atoms with Crippen LogP contribution in [-0.4, -0.2) is 56.6 Å².